The van der Waals surface area contributed by atoms with Crippen molar-refractivity contribution in [2.24, 2.45) is 55.7 Å². The third-order valence-electron chi connectivity index (χ3n) is 14.5. The maximum Gasteiger partial charge on any atom is 0.177 e. The molecule has 5 fully saturated rings. The van der Waals surface area contributed by atoms with E-state index in [0.29, 0.717) is 23.7 Å². The molecular weight excluding hydrogens is 577 g/mol. The van der Waals surface area contributed by atoms with Crippen LogP contribution in [0.15, 0.2) is 16.6 Å². The molecule has 7 unspecified atom stereocenters. The van der Waals surface area contributed by atoms with Crippen LogP contribution >= 0.6 is 9.24 Å². The van der Waals surface area contributed by atoms with Crippen LogP contribution in [0.4, 0.5) is 0 Å². The lowest BCUT2D eigenvalue weighted by Crippen LogP contribution is -2.64. The Morgan fingerprint density at radius 2 is 1.52 bits per heavy atom. The van der Waals surface area contributed by atoms with E-state index in [0.717, 1.165) is 51.4 Å². The third-order valence-corrected chi connectivity index (χ3v) is 15.2. The minimum Gasteiger partial charge on any atom is -0.394 e. The van der Waals surface area contributed by atoms with Crippen molar-refractivity contribution >= 4 is 14.7 Å². The number of aliphatic hydroxyl groups is 6. The van der Waals surface area contributed by atoms with E-state index in [1.54, 1.807) is 0 Å². The molecule has 0 bridgehead atoms. The lowest BCUT2D eigenvalue weighted by atomic mass is 9.37. The maximum atomic E-state index is 12.4. The van der Waals surface area contributed by atoms with E-state index in [1.807, 2.05) is 0 Å². The summed E-state index contributed by atoms with van der Waals surface area (Å²) in [4.78, 5) is 4.84. The highest BCUT2D eigenvalue weighted by Crippen LogP contribution is 2.72. The van der Waals surface area contributed by atoms with Crippen molar-refractivity contribution in [3.63, 3.8) is 0 Å². The highest BCUT2D eigenvalue weighted by molar-refractivity contribution is 7.41. The second-order valence-corrected chi connectivity index (χ2v) is 18.0. The van der Waals surface area contributed by atoms with Crippen LogP contribution in [0.25, 0.3) is 0 Å². The Morgan fingerprint density at radius 3 is 2.20 bits per heavy atom. The van der Waals surface area contributed by atoms with Crippen LogP contribution in [0.5, 0.6) is 0 Å². The summed E-state index contributed by atoms with van der Waals surface area (Å²) in [6, 6.07) is 0. The summed E-state index contributed by atoms with van der Waals surface area (Å²) in [5.74, 6) is 1.30. The van der Waals surface area contributed by atoms with E-state index < -0.39 is 48.8 Å². The first kappa shape index (κ1) is 33.5. The largest absolute Gasteiger partial charge is 0.394 e. The predicted molar refractivity (Wildman–Crippen MR) is 173 cm³/mol. The van der Waals surface area contributed by atoms with Gasteiger partial charge in [0.25, 0.3) is 0 Å². The van der Waals surface area contributed by atoms with Crippen molar-refractivity contribution in [3.05, 3.63) is 11.6 Å². The fraction of sp³-hybridized carbons (Fsp3) is 0.914. The molecule has 0 aromatic rings. The smallest absolute Gasteiger partial charge is 0.177 e. The van der Waals surface area contributed by atoms with E-state index in [1.165, 1.54) is 5.57 Å². The molecule has 0 aromatic heterocycles. The summed E-state index contributed by atoms with van der Waals surface area (Å²) in [6.45, 7) is 13.7. The van der Waals surface area contributed by atoms with E-state index in [9.17, 15) is 30.6 Å². The predicted octanol–water partition coefficient (Wildman–Crippen LogP) is 3.80. The molecule has 0 radical (unpaired) electrons. The van der Waals surface area contributed by atoms with Gasteiger partial charge in [0.05, 0.1) is 18.8 Å². The van der Waals surface area contributed by atoms with E-state index in [2.05, 4.69) is 56.9 Å². The van der Waals surface area contributed by atoms with Crippen LogP contribution in [0, 0.1) is 50.7 Å². The quantitative estimate of drug-likeness (QED) is 0.157. The molecule has 6 rings (SSSR count). The molecule has 1 saturated heterocycles. The first-order valence-electron chi connectivity index (χ1n) is 17.1. The van der Waals surface area contributed by atoms with Gasteiger partial charge in [0.15, 0.2) is 6.23 Å². The van der Waals surface area contributed by atoms with Gasteiger partial charge in [-0.1, -0.05) is 62.4 Å². The molecule has 1 aliphatic heterocycles. The number of nitrogens with zero attached hydrogens (tertiary/aromatic N) is 1. The van der Waals surface area contributed by atoms with E-state index in [-0.39, 0.29) is 39.6 Å². The molecule has 15 atom stereocenters. The topological polar surface area (TPSA) is 143 Å². The van der Waals surface area contributed by atoms with Gasteiger partial charge in [-0.2, -0.15) is 0 Å². The first-order chi connectivity index (χ1) is 20.4. The van der Waals surface area contributed by atoms with Gasteiger partial charge in [-0.05, 0) is 103 Å². The third kappa shape index (κ3) is 4.70. The monoisotopic (exact) mass is 635 g/mol. The Kier molecular flexibility index (Phi) is 8.40. The zero-order valence-electron chi connectivity index (χ0n) is 27.6. The molecule has 0 aromatic carbocycles. The molecule has 8 nitrogen and oxygen atoms in total. The van der Waals surface area contributed by atoms with Crippen molar-refractivity contribution in [3.8, 4) is 0 Å². The van der Waals surface area contributed by atoms with E-state index in [4.69, 9.17) is 9.73 Å². The average Bonchev–Trinajstić information content (AvgIpc) is 2.95. The summed E-state index contributed by atoms with van der Waals surface area (Å²) < 4.78 is 5.80. The molecule has 0 amide bonds. The Morgan fingerprint density at radius 1 is 0.841 bits per heavy atom. The lowest BCUT2D eigenvalue weighted by Gasteiger charge is -2.68. The molecule has 44 heavy (non-hydrogen) atoms. The molecule has 6 N–H and O–H groups in total. The van der Waals surface area contributed by atoms with Crippen LogP contribution in [0.1, 0.15) is 99.3 Å². The van der Waals surface area contributed by atoms with Crippen molar-refractivity contribution in [1.29, 1.82) is 0 Å². The first-order valence-corrected chi connectivity index (χ1v) is 17.7. The minimum atomic E-state index is -1.49. The van der Waals surface area contributed by atoms with Gasteiger partial charge in [0.2, 0.25) is 0 Å². The molecule has 5 aliphatic carbocycles. The zero-order valence-corrected chi connectivity index (χ0v) is 28.8. The van der Waals surface area contributed by atoms with E-state index >= 15 is 0 Å². The zero-order chi connectivity index (χ0) is 32.2. The van der Waals surface area contributed by atoms with Gasteiger partial charge in [0.1, 0.15) is 24.4 Å². The molecule has 6 aliphatic rings. The number of aliphatic hydroxyl groups excluding tert-OH is 6. The molecule has 9 heteroatoms. The van der Waals surface area contributed by atoms with Gasteiger partial charge in [0, 0.05) is 10.9 Å². The van der Waals surface area contributed by atoms with Gasteiger partial charge < -0.3 is 35.4 Å². The fourth-order valence-electron chi connectivity index (χ4n) is 11.8. The van der Waals surface area contributed by atoms with Crippen molar-refractivity contribution in [2.45, 2.75) is 142 Å². The number of allylic oxidation sites excluding steroid dienone is 2. The normalized spacial score (nSPS) is 53.4. The Balaban J connectivity index is 1.39. The van der Waals surface area contributed by atoms with Crippen molar-refractivity contribution in [1.82, 2.24) is 0 Å². The summed E-state index contributed by atoms with van der Waals surface area (Å²) in [5.41, 5.74) is 1.63. The highest BCUT2D eigenvalue weighted by Gasteiger charge is 2.66. The molecule has 250 valence electrons. The van der Waals surface area contributed by atoms with Gasteiger partial charge in [-0.15, -0.1) is 0 Å². The van der Waals surface area contributed by atoms with Crippen LogP contribution in [-0.4, -0.2) is 85.6 Å². The fourth-order valence-corrected chi connectivity index (χ4v) is 12.5. The molecular formula is C35H58NO7P. The summed E-state index contributed by atoms with van der Waals surface area (Å²) in [7, 11) is 2.77. The Hall–Kier alpha value is -0.440. The van der Waals surface area contributed by atoms with Crippen molar-refractivity contribution in [2.75, 3.05) is 6.61 Å². The van der Waals surface area contributed by atoms with Gasteiger partial charge >= 0.3 is 0 Å². The molecule has 1 heterocycles. The second-order valence-electron chi connectivity index (χ2n) is 17.5. The summed E-state index contributed by atoms with van der Waals surface area (Å²) >= 11 is 0. The SMILES string of the molecule is CC1(C)CC[C@@]2(C(P)=N[C@H]3OC(CO)[C@@H](O)[C@@H](O)C3O)C(C1)C1=CCC3[C@@](C)(CCC4C(C)(C)[C@@H](O)CC[C@@]43C)C1C[C@H]2O. The Labute approximate surface area is 266 Å². The minimum absolute atomic E-state index is 0.0535. The van der Waals surface area contributed by atoms with Crippen molar-refractivity contribution < 1.29 is 35.4 Å². The van der Waals surface area contributed by atoms with Crippen LogP contribution in [-0.2, 0) is 4.74 Å². The van der Waals surface area contributed by atoms with Gasteiger partial charge in [-0.3, -0.25) is 4.99 Å². The Bertz CT molecular complexity index is 1190. The highest BCUT2D eigenvalue weighted by atomic mass is 31.0. The number of fused-ring (bicyclic) bond motifs is 7. The number of aliphatic imine (C=N–C) groups is 1. The number of ether oxygens (including phenoxy) is 1. The average molecular weight is 636 g/mol. The van der Waals surface area contributed by atoms with Gasteiger partial charge in [-0.25, -0.2) is 0 Å². The number of hydrogen-bond acceptors (Lipinski definition) is 8. The number of rotatable bonds is 3. The summed E-state index contributed by atoms with van der Waals surface area (Å²) in [5, 5.41) is 64.7. The molecule has 4 saturated carbocycles. The van der Waals surface area contributed by atoms with Crippen LogP contribution in [0.2, 0.25) is 0 Å². The van der Waals surface area contributed by atoms with Crippen LogP contribution in [0.3, 0.4) is 0 Å². The maximum absolute atomic E-state index is 12.4. The standard InChI is InChI=1S/C35H58NO7P/c1-31(2)13-14-35(30(44)36-29-28(42)27(41)26(40)21(17-37)43-29)20(16-31)18-7-8-23-33(5,19(18)15-25(35)39)11-9-22-32(3,4)24(38)10-12-34(22,23)6/h7,19-29,37-42H,8-17,44H2,1-6H3/t19?,20?,21?,22?,23?,24-,25+,26+,27+,28?,29-,33-,34-,35+/m0/s1. The summed E-state index contributed by atoms with van der Waals surface area (Å²) in [6.07, 6.45) is 3.43. The lowest BCUT2D eigenvalue weighted by molar-refractivity contribution is -0.226. The second kappa shape index (κ2) is 11.1. The molecule has 0 spiro atoms. The van der Waals surface area contributed by atoms with Crippen LogP contribution < -0.4 is 0 Å². The number of hydrogen-bond donors (Lipinski definition) is 6.